The fourth-order valence-corrected chi connectivity index (χ4v) is 2.19. The molecule has 100 valence electrons. The summed E-state index contributed by atoms with van der Waals surface area (Å²) in [4.78, 5) is 11.5. The fraction of sp³-hybridized carbons (Fsp3) is 0.562. The summed E-state index contributed by atoms with van der Waals surface area (Å²) in [7, 11) is 0. The third-order valence-electron chi connectivity index (χ3n) is 3.10. The summed E-state index contributed by atoms with van der Waals surface area (Å²) in [6.45, 7) is 14.2. The van der Waals surface area contributed by atoms with Crippen molar-refractivity contribution in [2.24, 2.45) is 0 Å². The van der Waals surface area contributed by atoms with Crippen molar-refractivity contribution in [3.8, 4) is 0 Å². The van der Waals surface area contributed by atoms with Crippen LogP contribution in [0.15, 0.2) is 12.1 Å². The normalized spacial score (nSPS) is 11.9. The number of hydrogen-bond acceptors (Lipinski definition) is 2. The molecule has 0 heterocycles. The molecule has 0 aliphatic carbocycles. The van der Waals surface area contributed by atoms with Gasteiger partial charge in [0.25, 0.3) is 0 Å². The molecule has 0 bridgehead atoms. The Hall–Kier alpha value is -0.713. The van der Waals surface area contributed by atoms with Gasteiger partial charge in [0.2, 0.25) is 0 Å². The van der Waals surface area contributed by atoms with E-state index in [0.29, 0.717) is 5.56 Å². The fourth-order valence-electron chi connectivity index (χ4n) is 2.19. The minimum Gasteiger partial charge on any atom is -0.545 e. The van der Waals surface area contributed by atoms with Gasteiger partial charge >= 0.3 is 18.9 Å². The number of hydrogen-bond donors (Lipinski definition) is 0. The van der Waals surface area contributed by atoms with Gasteiger partial charge in [0.1, 0.15) is 0 Å². The van der Waals surface area contributed by atoms with Crippen molar-refractivity contribution in [3.63, 3.8) is 0 Å². The number of carbonyl (C=O) groups is 1. The molecular formula is C16H23LiO2. The molecule has 0 amide bonds. The second-order valence-electron chi connectivity index (χ2n) is 7.02. The first-order valence-electron chi connectivity index (χ1n) is 6.31. The summed E-state index contributed by atoms with van der Waals surface area (Å²) in [6, 6.07) is 3.92. The van der Waals surface area contributed by atoms with E-state index in [2.05, 4.69) is 0 Å². The Morgan fingerprint density at radius 3 is 1.47 bits per heavy atom. The SMILES string of the molecule is Cc1cc(C(C)(C)C)c(C(=O)[O-])c(C(C)(C)C)c1.[Li+]. The summed E-state index contributed by atoms with van der Waals surface area (Å²) in [5.41, 5.74) is 2.75. The van der Waals surface area contributed by atoms with Gasteiger partial charge in [0.05, 0.1) is 5.97 Å². The van der Waals surface area contributed by atoms with Gasteiger partial charge in [-0.2, -0.15) is 0 Å². The molecule has 2 nitrogen and oxygen atoms in total. The minimum atomic E-state index is -1.08. The smallest absolute Gasteiger partial charge is 0.545 e. The van der Waals surface area contributed by atoms with Gasteiger partial charge in [0.15, 0.2) is 0 Å². The maximum atomic E-state index is 11.5. The summed E-state index contributed by atoms with van der Waals surface area (Å²) < 4.78 is 0. The Labute approximate surface area is 128 Å². The van der Waals surface area contributed by atoms with E-state index in [9.17, 15) is 9.90 Å². The molecule has 0 radical (unpaired) electrons. The number of rotatable bonds is 1. The number of aryl methyl sites for hydroxylation is 1. The molecule has 3 heteroatoms. The summed E-state index contributed by atoms with van der Waals surface area (Å²) in [5, 5.41) is 11.5. The van der Waals surface area contributed by atoms with E-state index in [-0.39, 0.29) is 29.7 Å². The van der Waals surface area contributed by atoms with Crippen molar-refractivity contribution in [2.45, 2.75) is 59.3 Å². The number of benzene rings is 1. The summed E-state index contributed by atoms with van der Waals surface area (Å²) in [5.74, 6) is -1.08. The van der Waals surface area contributed by atoms with Gasteiger partial charge in [-0.15, -0.1) is 0 Å². The molecule has 0 unspecified atom stereocenters. The quantitative estimate of drug-likeness (QED) is 0.660. The van der Waals surface area contributed by atoms with Crippen LogP contribution >= 0.6 is 0 Å². The average molecular weight is 254 g/mol. The van der Waals surface area contributed by atoms with E-state index in [0.717, 1.165) is 16.7 Å². The van der Waals surface area contributed by atoms with Crippen LogP contribution in [0.1, 0.15) is 68.6 Å². The van der Waals surface area contributed by atoms with Crippen LogP contribution in [-0.2, 0) is 10.8 Å². The zero-order valence-corrected chi connectivity index (χ0v) is 13.5. The molecule has 1 rings (SSSR count). The summed E-state index contributed by atoms with van der Waals surface area (Å²) in [6.07, 6.45) is 0. The Bertz CT molecular complexity index is 441. The molecule has 0 atom stereocenters. The first-order valence-corrected chi connectivity index (χ1v) is 6.31. The second kappa shape index (κ2) is 5.73. The molecule has 19 heavy (non-hydrogen) atoms. The van der Waals surface area contributed by atoms with Crippen LogP contribution in [0.5, 0.6) is 0 Å². The predicted octanol–water partition coefficient (Wildman–Crippen LogP) is -0.0425. The molecule has 0 fully saturated rings. The summed E-state index contributed by atoms with van der Waals surface area (Å²) >= 11 is 0. The van der Waals surface area contributed by atoms with Gasteiger partial charge in [-0.1, -0.05) is 59.2 Å². The van der Waals surface area contributed by atoms with E-state index in [1.54, 1.807) is 0 Å². The first-order chi connectivity index (χ1) is 7.94. The van der Waals surface area contributed by atoms with Gasteiger partial charge in [-0.3, -0.25) is 0 Å². The van der Waals surface area contributed by atoms with Crippen LogP contribution in [0.4, 0.5) is 0 Å². The van der Waals surface area contributed by atoms with Crippen molar-refractivity contribution in [1.29, 1.82) is 0 Å². The van der Waals surface area contributed by atoms with E-state index in [4.69, 9.17) is 0 Å². The van der Waals surface area contributed by atoms with Crippen LogP contribution in [0.2, 0.25) is 0 Å². The van der Waals surface area contributed by atoms with Gasteiger partial charge in [-0.25, -0.2) is 0 Å². The predicted molar refractivity (Wildman–Crippen MR) is 72.9 cm³/mol. The minimum absolute atomic E-state index is 0. The van der Waals surface area contributed by atoms with Crippen LogP contribution in [0.3, 0.4) is 0 Å². The molecule has 0 saturated carbocycles. The number of carboxylic acid groups (broad SMARTS) is 1. The van der Waals surface area contributed by atoms with E-state index in [1.165, 1.54) is 0 Å². The molecule has 0 N–H and O–H groups in total. The van der Waals surface area contributed by atoms with Crippen molar-refractivity contribution in [2.75, 3.05) is 0 Å². The maximum absolute atomic E-state index is 11.5. The number of carboxylic acids is 1. The average Bonchev–Trinajstić information content (AvgIpc) is 2.12. The van der Waals surface area contributed by atoms with Gasteiger partial charge in [-0.05, 0) is 28.9 Å². The molecule has 0 aliphatic rings. The van der Waals surface area contributed by atoms with Crippen molar-refractivity contribution >= 4 is 5.97 Å². The molecule has 0 aromatic heterocycles. The van der Waals surface area contributed by atoms with Crippen LogP contribution in [-0.4, -0.2) is 5.97 Å². The molecule has 0 spiro atoms. The second-order valence-corrected chi connectivity index (χ2v) is 7.02. The van der Waals surface area contributed by atoms with Crippen LogP contribution < -0.4 is 24.0 Å². The Balaban J connectivity index is 0.00000324. The maximum Gasteiger partial charge on any atom is 1.00 e. The molecule has 0 aliphatic heterocycles. The van der Waals surface area contributed by atoms with E-state index in [1.807, 2.05) is 60.6 Å². The zero-order chi connectivity index (χ0) is 14.3. The third-order valence-corrected chi connectivity index (χ3v) is 3.10. The van der Waals surface area contributed by atoms with Crippen molar-refractivity contribution in [1.82, 2.24) is 0 Å². The first kappa shape index (κ1) is 18.3. The number of carbonyl (C=O) groups excluding carboxylic acids is 1. The number of aromatic carboxylic acids is 1. The largest absolute Gasteiger partial charge is 1.00 e. The zero-order valence-electron chi connectivity index (χ0n) is 13.5. The molecule has 1 aromatic rings. The van der Waals surface area contributed by atoms with Crippen LogP contribution in [0.25, 0.3) is 0 Å². The molecule has 1 aromatic carbocycles. The Morgan fingerprint density at radius 2 is 1.26 bits per heavy atom. The van der Waals surface area contributed by atoms with Crippen molar-refractivity contribution < 1.29 is 28.8 Å². The van der Waals surface area contributed by atoms with Gasteiger partial charge < -0.3 is 9.90 Å². The molecule has 0 saturated heterocycles. The topological polar surface area (TPSA) is 40.1 Å². The van der Waals surface area contributed by atoms with Crippen LogP contribution in [0, 0.1) is 6.92 Å². The third kappa shape index (κ3) is 4.13. The standard InChI is InChI=1S/C16H24O2.Li/c1-10-8-11(15(2,3)4)13(14(17)18)12(9-10)16(5,6)7;/h8-9H,1-7H3,(H,17,18);/q;+1/p-1. The van der Waals surface area contributed by atoms with E-state index < -0.39 is 5.97 Å². The van der Waals surface area contributed by atoms with Gasteiger partial charge in [0, 0.05) is 5.56 Å². The van der Waals surface area contributed by atoms with E-state index >= 15 is 0 Å². The van der Waals surface area contributed by atoms with Crippen molar-refractivity contribution in [3.05, 3.63) is 34.4 Å². The Morgan fingerprint density at radius 1 is 0.947 bits per heavy atom. The monoisotopic (exact) mass is 254 g/mol. The Kier molecular flexibility index (Phi) is 5.52. The molecular weight excluding hydrogens is 231 g/mol.